The van der Waals surface area contributed by atoms with Gasteiger partial charge in [0.05, 0.1) is 19.2 Å². The van der Waals surface area contributed by atoms with Gasteiger partial charge in [0.2, 0.25) is 0 Å². The third-order valence-electron chi connectivity index (χ3n) is 6.48. The highest BCUT2D eigenvalue weighted by atomic mass is 31.2. The minimum absolute atomic E-state index is 0.121. The van der Waals surface area contributed by atoms with Crippen molar-refractivity contribution in [2.24, 2.45) is 4.74 Å². The Morgan fingerprint density at radius 1 is 0.595 bits per heavy atom. The molecule has 1 aliphatic heterocycles. The summed E-state index contributed by atoms with van der Waals surface area (Å²) in [4.78, 5) is 19.4. The Morgan fingerprint density at radius 3 is 1.68 bits per heavy atom. The van der Waals surface area contributed by atoms with E-state index in [1.807, 2.05) is 66.7 Å². The summed E-state index contributed by atoms with van der Waals surface area (Å²) in [6.07, 6.45) is 0.279. The van der Waals surface area contributed by atoms with Gasteiger partial charge in [0.15, 0.2) is 5.75 Å². The molecule has 5 heteroatoms. The topological polar surface area (TPSA) is 41.9 Å². The van der Waals surface area contributed by atoms with Crippen molar-refractivity contribution in [1.29, 1.82) is 0 Å². The van der Waals surface area contributed by atoms with E-state index in [1.165, 1.54) is 5.06 Å². The van der Waals surface area contributed by atoms with Crippen molar-refractivity contribution in [2.75, 3.05) is 5.06 Å². The standard InChI is InChI=1S/C32H25N2O2P/c35-32-24-25-14-10-13-23-31(25)36-34(32)30-22-12-11-21-29(30)33-37(26-15-4-1-5-16-26,27-17-6-2-7-18-27)28-19-8-3-9-20-28/h1-23H,24H2. The van der Waals surface area contributed by atoms with Crippen molar-refractivity contribution < 1.29 is 9.63 Å². The Kier molecular flexibility index (Phi) is 6.18. The normalized spacial score (nSPS) is 13.0. The molecule has 5 aromatic rings. The maximum atomic E-state index is 13.3. The van der Waals surface area contributed by atoms with E-state index >= 15 is 0 Å². The predicted molar refractivity (Wildman–Crippen MR) is 152 cm³/mol. The fraction of sp³-hybridized carbons (Fsp3) is 0.0312. The first-order valence-electron chi connectivity index (χ1n) is 12.2. The summed E-state index contributed by atoms with van der Waals surface area (Å²) in [5.41, 5.74) is 2.23. The highest BCUT2D eigenvalue weighted by Gasteiger charge is 2.31. The van der Waals surface area contributed by atoms with Crippen molar-refractivity contribution in [3.8, 4) is 5.75 Å². The maximum Gasteiger partial charge on any atom is 0.264 e. The average Bonchev–Trinajstić information content (AvgIpc) is 2.97. The number of amides is 1. The van der Waals surface area contributed by atoms with E-state index in [0.717, 1.165) is 21.5 Å². The van der Waals surface area contributed by atoms with Crippen LogP contribution in [0.5, 0.6) is 5.75 Å². The molecule has 5 aromatic carbocycles. The third-order valence-corrected chi connectivity index (χ3v) is 10.1. The molecule has 0 N–H and O–H groups in total. The third kappa shape index (κ3) is 4.26. The molecule has 0 saturated carbocycles. The first-order chi connectivity index (χ1) is 18.3. The second-order valence-electron chi connectivity index (χ2n) is 8.79. The molecule has 0 bridgehead atoms. The minimum atomic E-state index is -2.51. The molecule has 1 aliphatic rings. The number of hydrogen-bond donors (Lipinski definition) is 0. The smallest absolute Gasteiger partial charge is 0.264 e. The molecule has 0 aliphatic carbocycles. The summed E-state index contributed by atoms with van der Waals surface area (Å²) in [6, 6.07) is 46.8. The second kappa shape index (κ2) is 9.93. The zero-order valence-electron chi connectivity index (χ0n) is 20.1. The van der Waals surface area contributed by atoms with Gasteiger partial charge in [0.25, 0.3) is 5.91 Å². The molecule has 180 valence electrons. The van der Waals surface area contributed by atoms with E-state index in [9.17, 15) is 4.79 Å². The van der Waals surface area contributed by atoms with E-state index in [1.54, 1.807) is 0 Å². The molecule has 1 heterocycles. The van der Waals surface area contributed by atoms with Gasteiger partial charge in [-0.15, -0.1) is 5.06 Å². The second-order valence-corrected chi connectivity index (χ2v) is 11.8. The summed E-state index contributed by atoms with van der Waals surface area (Å²) in [7, 11) is -2.51. The molecule has 37 heavy (non-hydrogen) atoms. The highest BCUT2D eigenvalue weighted by molar-refractivity contribution is 7.87. The van der Waals surface area contributed by atoms with Crippen LogP contribution in [0.4, 0.5) is 11.4 Å². The zero-order chi connectivity index (χ0) is 25.1. The maximum absolute atomic E-state index is 13.3. The first-order valence-corrected chi connectivity index (χ1v) is 14.0. The van der Waals surface area contributed by atoms with Crippen LogP contribution in [0.25, 0.3) is 0 Å². The fourth-order valence-electron chi connectivity index (χ4n) is 4.74. The summed E-state index contributed by atoms with van der Waals surface area (Å²) in [5.74, 6) is 0.566. The number of para-hydroxylation sites is 2. The zero-order valence-corrected chi connectivity index (χ0v) is 21.0. The Hall–Kier alpha value is -4.40. The first kappa shape index (κ1) is 23.0. The van der Waals surface area contributed by atoms with Crippen molar-refractivity contribution in [3.63, 3.8) is 0 Å². The van der Waals surface area contributed by atoms with E-state index in [2.05, 4.69) is 72.8 Å². The molecule has 4 nitrogen and oxygen atoms in total. The minimum Gasteiger partial charge on any atom is -0.372 e. The molecule has 1 amide bonds. The van der Waals surface area contributed by atoms with Crippen LogP contribution >= 0.6 is 7.05 Å². The van der Waals surface area contributed by atoms with Gasteiger partial charge in [-0.25, -0.2) is 0 Å². The van der Waals surface area contributed by atoms with Crippen LogP contribution in [0, 0.1) is 0 Å². The Morgan fingerprint density at radius 2 is 1.08 bits per heavy atom. The lowest BCUT2D eigenvalue weighted by molar-refractivity contribution is -0.123. The largest absolute Gasteiger partial charge is 0.372 e. The molecule has 0 atom stereocenters. The molecule has 0 aromatic heterocycles. The van der Waals surface area contributed by atoms with E-state index in [-0.39, 0.29) is 12.3 Å². The monoisotopic (exact) mass is 500 g/mol. The number of rotatable bonds is 5. The summed E-state index contributed by atoms with van der Waals surface area (Å²) in [5, 5.41) is 4.81. The van der Waals surface area contributed by atoms with E-state index in [0.29, 0.717) is 17.1 Å². The number of hydrogen-bond acceptors (Lipinski definition) is 3. The van der Waals surface area contributed by atoms with E-state index in [4.69, 9.17) is 9.58 Å². The van der Waals surface area contributed by atoms with Gasteiger partial charge >= 0.3 is 0 Å². The lowest BCUT2D eigenvalue weighted by Gasteiger charge is -2.30. The van der Waals surface area contributed by atoms with Crippen LogP contribution in [0.1, 0.15) is 5.56 Å². The van der Waals surface area contributed by atoms with Crippen LogP contribution < -0.4 is 25.8 Å². The van der Waals surface area contributed by atoms with Crippen molar-refractivity contribution in [2.45, 2.75) is 6.42 Å². The Bertz CT molecular complexity index is 1500. The van der Waals surface area contributed by atoms with Crippen LogP contribution in [0.2, 0.25) is 0 Å². The van der Waals surface area contributed by atoms with Crippen LogP contribution in [-0.2, 0) is 11.2 Å². The van der Waals surface area contributed by atoms with Gasteiger partial charge in [-0.1, -0.05) is 121 Å². The Balaban J connectivity index is 1.62. The molecule has 0 radical (unpaired) electrons. The average molecular weight is 501 g/mol. The molecule has 0 spiro atoms. The quantitative estimate of drug-likeness (QED) is 0.263. The van der Waals surface area contributed by atoms with Crippen LogP contribution in [-0.4, -0.2) is 5.91 Å². The SMILES string of the molecule is O=C1Cc2ccccc2ON1c1ccccc1N=P(c1ccccc1)(c1ccccc1)c1ccccc1. The van der Waals surface area contributed by atoms with Crippen molar-refractivity contribution in [1.82, 2.24) is 0 Å². The lowest BCUT2D eigenvalue weighted by Crippen LogP contribution is -2.39. The number of nitrogens with zero attached hydrogens (tertiary/aromatic N) is 2. The summed E-state index contributed by atoms with van der Waals surface area (Å²) < 4.78 is 5.60. The molecule has 0 unspecified atom stereocenters. The molecular weight excluding hydrogens is 475 g/mol. The Labute approximate surface area is 216 Å². The van der Waals surface area contributed by atoms with Crippen molar-refractivity contribution >= 4 is 40.2 Å². The number of carbonyl (C=O) groups is 1. The number of carbonyl (C=O) groups excluding carboxylic acids is 1. The van der Waals surface area contributed by atoms with Gasteiger partial charge in [0.1, 0.15) is 5.69 Å². The predicted octanol–water partition coefficient (Wildman–Crippen LogP) is 6.38. The molecule has 0 saturated heterocycles. The van der Waals surface area contributed by atoms with Crippen LogP contribution in [0.3, 0.4) is 0 Å². The lowest BCUT2D eigenvalue weighted by atomic mass is 10.1. The number of fused-ring (bicyclic) bond motifs is 1. The van der Waals surface area contributed by atoms with Crippen molar-refractivity contribution in [3.05, 3.63) is 145 Å². The molecular formula is C32H25N2O2P. The molecule has 0 fully saturated rings. The fourth-order valence-corrected chi connectivity index (χ4v) is 8.28. The number of benzene rings is 5. The van der Waals surface area contributed by atoms with Gasteiger partial charge in [-0.3, -0.25) is 9.54 Å². The summed E-state index contributed by atoms with van der Waals surface area (Å²) in [6.45, 7) is 0. The van der Waals surface area contributed by atoms with Gasteiger partial charge < -0.3 is 4.84 Å². The number of anilines is 1. The summed E-state index contributed by atoms with van der Waals surface area (Å²) >= 11 is 0. The van der Waals surface area contributed by atoms with E-state index < -0.39 is 7.05 Å². The van der Waals surface area contributed by atoms with Gasteiger partial charge in [-0.2, -0.15) is 0 Å². The number of hydroxylamine groups is 1. The highest BCUT2D eigenvalue weighted by Crippen LogP contribution is 2.51. The molecule has 6 rings (SSSR count). The van der Waals surface area contributed by atoms with Gasteiger partial charge in [-0.05, 0) is 18.2 Å². The van der Waals surface area contributed by atoms with Crippen LogP contribution in [0.15, 0.2) is 144 Å². The van der Waals surface area contributed by atoms with Gasteiger partial charge in [0, 0.05) is 21.5 Å².